The Bertz CT molecular complexity index is 1200. The first-order valence-corrected chi connectivity index (χ1v) is 12.1. The third-order valence-corrected chi connectivity index (χ3v) is 7.49. The molecule has 6 heteroatoms. The minimum absolute atomic E-state index is 0.0653. The van der Waals surface area contributed by atoms with E-state index in [1.54, 1.807) is 22.7 Å². The van der Waals surface area contributed by atoms with Crippen LogP contribution in [0.4, 0.5) is 0 Å². The smallest absolute Gasteiger partial charge is 0.263 e. The van der Waals surface area contributed by atoms with Crippen molar-refractivity contribution in [2.24, 2.45) is 0 Å². The van der Waals surface area contributed by atoms with Gasteiger partial charge in [0.05, 0.1) is 5.39 Å². The Morgan fingerprint density at radius 2 is 1.80 bits per heavy atom. The van der Waals surface area contributed by atoms with Crippen molar-refractivity contribution in [3.8, 4) is 21.8 Å². The van der Waals surface area contributed by atoms with Gasteiger partial charge < -0.3 is 4.90 Å². The lowest BCUT2D eigenvalue weighted by atomic mass is 10.1. The van der Waals surface area contributed by atoms with Crippen molar-refractivity contribution < 1.29 is 0 Å². The van der Waals surface area contributed by atoms with Crippen molar-refractivity contribution in [3.63, 3.8) is 0 Å². The summed E-state index contributed by atoms with van der Waals surface area (Å²) in [4.78, 5) is 24.3. The highest BCUT2D eigenvalue weighted by Crippen LogP contribution is 2.38. The predicted octanol–water partition coefficient (Wildman–Crippen LogP) is 5.81. The topological polar surface area (TPSA) is 38.1 Å². The first-order chi connectivity index (χ1) is 14.5. The lowest BCUT2D eigenvalue weighted by Gasteiger charge is -2.20. The molecule has 0 aliphatic carbocycles. The first kappa shape index (κ1) is 21.0. The summed E-state index contributed by atoms with van der Waals surface area (Å²) in [5.74, 6) is 0.763. The zero-order valence-electron chi connectivity index (χ0n) is 17.9. The Labute approximate surface area is 185 Å². The summed E-state index contributed by atoms with van der Waals surface area (Å²) < 4.78 is 1.88. The second-order valence-electron chi connectivity index (χ2n) is 7.48. The van der Waals surface area contributed by atoms with Crippen LogP contribution in [0.3, 0.4) is 0 Å². The monoisotopic (exact) mass is 437 g/mol. The van der Waals surface area contributed by atoms with E-state index in [2.05, 4.69) is 68.3 Å². The summed E-state index contributed by atoms with van der Waals surface area (Å²) in [6.07, 6.45) is 0. The molecule has 4 rings (SSSR count). The highest BCUT2D eigenvalue weighted by atomic mass is 32.1. The van der Waals surface area contributed by atoms with E-state index in [0.29, 0.717) is 6.54 Å². The van der Waals surface area contributed by atoms with Crippen molar-refractivity contribution >= 4 is 32.9 Å². The average molecular weight is 438 g/mol. The molecule has 0 saturated carbocycles. The van der Waals surface area contributed by atoms with Crippen molar-refractivity contribution in [2.75, 3.05) is 19.6 Å². The van der Waals surface area contributed by atoms with E-state index in [-0.39, 0.29) is 5.56 Å². The van der Waals surface area contributed by atoms with Gasteiger partial charge in [-0.3, -0.25) is 9.36 Å². The maximum atomic E-state index is 13.8. The maximum absolute atomic E-state index is 13.8. The molecule has 0 bridgehead atoms. The Balaban J connectivity index is 1.94. The van der Waals surface area contributed by atoms with Crippen LogP contribution in [0.25, 0.3) is 32.0 Å². The molecule has 0 unspecified atom stereocenters. The van der Waals surface area contributed by atoms with Gasteiger partial charge in [0.25, 0.3) is 5.56 Å². The van der Waals surface area contributed by atoms with Crippen LogP contribution in [0.5, 0.6) is 0 Å². The van der Waals surface area contributed by atoms with Crippen LogP contribution in [-0.2, 0) is 6.54 Å². The molecule has 30 heavy (non-hydrogen) atoms. The molecule has 0 spiro atoms. The minimum atomic E-state index is 0.0653. The van der Waals surface area contributed by atoms with Crippen LogP contribution in [-0.4, -0.2) is 34.1 Å². The van der Waals surface area contributed by atoms with Gasteiger partial charge in [0.15, 0.2) is 0 Å². The van der Waals surface area contributed by atoms with E-state index >= 15 is 0 Å². The van der Waals surface area contributed by atoms with Crippen molar-refractivity contribution in [1.82, 2.24) is 14.5 Å². The van der Waals surface area contributed by atoms with Crippen molar-refractivity contribution in [2.45, 2.75) is 34.2 Å². The van der Waals surface area contributed by atoms with Gasteiger partial charge in [-0.15, -0.1) is 22.7 Å². The fourth-order valence-electron chi connectivity index (χ4n) is 3.82. The fraction of sp³-hybridized carbons (Fsp3) is 0.333. The van der Waals surface area contributed by atoms with E-state index < -0.39 is 0 Å². The lowest BCUT2D eigenvalue weighted by molar-refractivity contribution is 0.289. The Kier molecular flexibility index (Phi) is 6.18. The molecule has 3 aromatic heterocycles. The summed E-state index contributed by atoms with van der Waals surface area (Å²) in [5, 5.41) is 2.82. The number of benzene rings is 1. The second-order valence-corrected chi connectivity index (χ2v) is 9.63. The fourth-order valence-corrected chi connectivity index (χ4v) is 5.75. The largest absolute Gasteiger partial charge is 0.302 e. The number of thiophene rings is 2. The zero-order chi connectivity index (χ0) is 21.3. The van der Waals surface area contributed by atoms with E-state index in [0.717, 1.165) is 56.6 Å². The first-order valence-electron chi connectivity index (χ1n) is 10.4. The summed E-state index contributed by atoms with van der Waals surface area (Å²) in [5.41, 5.74) is 3.30. The van der Waals surface area contributed by atoms with E-state index in [4.69, 9.17) is 4.98 Å². The molecule has 0 radical (unpaired) electrons. The van der Waals surface area contributed by atoms with E-state index in [1.165, 1.54) is 5.56 Å². The molecule has 156 valence electrons. The molecule has 1 aromatic carbocycles. The van der Waals surface area contributed by atoms with Crippen LogP contribution in [0.1, 0.15) is 24.3 Å². The van der Waals surface area contributed by atoms with Crippen LogP contribution in [0, 0.1) is 13.8 Å². The molecule has 4 nitrogen and oxygen atoms in total. The number of fused-ring (bicyclic) bond motifs is 1. The third-order valence-electron chi connectivity index (χ3n) is 5.60. The third kappa shape index (κ3) is 3.87. The number of aromatic nitrogens is 2. The predicted molar refractivity (Wildman–Crippen MR) is 130 cm³/mol. The average Bonchev–Trinajstić information content (AvgIpc) is 3.37. The van der Waals surface area contributed by atoms with Gasteiger partial charge >= 0.3 is 0 Å². The van der Waals surface area contributed by atoms with Crippen molar-refractivity contribution in [3.05, 3.63) is 62.6 Å². The summed E-state index contributed by atoms with van der Waals surface area (Å²) in [7, 11) is 0. The second kappa shape index (κ2) is 8.84. The molecule has 0 atom stereocenters. The molecule has 0 saturated heterocycles. The molecular weight excluding hydrogens is 410 g/mol. The minimum Gasteiger partial charge on any atom is -0.302 e. The number of hydrogen-bond donors (Lipinski definition) is 0. The lowest BCUT2D eigenvalue weighted by Crippen LogP contribution is -2.32. The van der Waals surface area contributed by atoms with Gasteiger partial charge in [0.2, 0.25) is 0 Å². The van der Waals surface area contributed by atoms with Gasteiger partial charge in [0.1, 0.15) is 10.7 Å². The van der Waals surface area contributed by atoms with E-state index in [9.17, 15) is 4.79 Å². The summed E-state index contributed by atoms with van der Waals surface area (Å²) in [6, 6.07) is 12.4. The number of hydrogen-bond acceptors (Lipinski definition) is 5. The van der Waals surface area contributed by atoms with Gasteiger partial charge in [-0.1, -0.05) is 49.7 Å². The maximum Gasteiger partial charge on any atom is 0.263 e. The van der Waals surface area contributed by atoms with Crippen molar-refractivity contribution in [1.29, 1.82) is 0 Å². The molecule has 0 aliphatic rings. The van der Waals surface area contributed by atoms with Crippen LogP contribution >= 0.6 is 22.7 Å². The number of likely N-dealkylation sites (N-methyl/N-ethyl adjacent to an activating group) is 1. The molecular formula is C24H27N3OS2. The number of aryl methyl sites for hydroxylation is 2. The summed E-state index contributed by atoms with van der Waals surface area (Å²) in [6.45, 7) is 11.9. The number of rotatable bonds is 7. The molecule has 0 N–H and O–H groups in total. The highest BCUT2D eigenvalue weighted by Gasteiger charge is 2.21. The van der Waals surface area contributed by atoms with E-state index in [1.807, 2.05) is 10.6 Å². The molecule has 0 aliphatic heterocycles. The van der Waals surface area contributed by atoms with Crippen LogP contribution < -0.4 is 5.56 Å². The highest BCUT2D eigenvalue weighted by molar-refractivity contribution is 7.20. The number of nitrogens with zero attached hydrogens (tertiary/aromatic N) is 3. The van der Waals surface area contributed by atoms with Gasteiger partial charge in [-0.25, -0.2) is 4.98 Å². The molecule has 0 fully saturated rings. The molecule has 4 aromatic rings. The molecule has 0 amide bonds. The van der Waals surface area contributed by atoms with Gasteiger partial charge in [-0.05, 0) is 38.4 Å². The standard InChI is InChI=1S/C24H27N3OS2/c1-5-26(6-2)13-14-27-22(18-11-9-16(3)10-12-18)25-23-21(24(27)28)20(17(4)30-23)19-8-7-15-29-19/h7-12,15H,5-6,13-14H2,1-4H3. The van der Waals surface area contributed by atoms with Crippen LogP contribution in [0.2, 0.25) is 0 Å². The Morgan fingerprint density at radius 3 is 2.43 bits per heavy atom. The molecule has 3 heterocycles. The van der Waals surface area contributed by atoms with Crippen LogP contribution in [0.15, 0.2) is 46.6 Å². The Hall–Kier alpha value is -2.28. The Morgan fingerprint density at radius 1 is 1.07 bits per heavy atom. The quantitative estimate of drug-likeness (QED) is 0.366. The zero-order valence-corrected chi connectivity index (χ0v) is 19.6. The normalized spacial score (nSPS) is 11.6. The van der Waals surface area contributed by atoms with Gasteiger partial charge in [0, 0.05) is 34.0 Å². The van der Waals surface area contributed by atoms with Gasteiger partial charge in [-0.2, -0.15) is 0 Å². The SMILES string of the molecule is CCN(CC)CCn1c(-c2ccc(C)cc2)nc2sc(C)c(-c3cccs3)c2c1=O. The summed E-state index contributed by atoms with van der Waals surface area (Å²) >= 11 is 3.29.